The lowest BCUT2D eigenvalue weighted by molar-refractivity contribution is 1.40. The Morgan fingerprint density at radius 2 is 1.76 bits per heavy atom. The zero-order valence-corrected chi connectivity index (χ0v) is 9.59. The van der Waals surface area contributed by atoms with Crippen LogP contribution in [0.25, 0.3) is 4.85 Å². The molecule has 0 bridgehead atoms. The van der Waals surface area contributed by atoms with Crippen molar-refractivity contribution in [3.05, 3.63) is 71.1 Å². The second kappa shape index (κ2) is 5.09. The van der Waals surface area contributed by atoms with E-state index in [1.165, 1.54) is 0 Å². The fourth-order valence-corrected chi connectivity index (χ4v) is 1.49. The first-order chi connectivity index (χ1) is 8.29. The molecule has 0 N–H and O–H groups in total. The number of para-hydroxylation sites is 1. The Kier molecular flexibility index (Phi) is 3.32. The maximum Gasteiger partial charge on any atom is 0.187 e. The first-order valence-corrected chi connectivity index (χ1v) is 5.37. The Bertz CT molecular complexity index is 575. The van der Waals surface area contributed by atoms with E-state index in [0.29, 0.717) is 5.69 Å². The third-order valence-corrected chi connectivity index (χ3v) is 2.49. The lowest BCUT2D eigenvalue weighted by Crippen LogP contribution is -1.79. The maximum atomic E-state index is 6.87. The Morgan fingerprint density at radius 3 is 2.41 bits per heavy atom. The van der Waals surface area contributed by atoms with Crippen LogP contribution in [-0.4, -0.2) is 6.21 Å². The normalized spacial score (nSPS) is 10.4. The monoisotopic (exact) mass is 220 g/mol. The van der Waals surface area contributed by atoms with Gasteiger partial charge in [-0.15, -0.1) is 0 Å². The smallest absolute Gasteiger partial charge is 0.187 e. The summed E-state index contributed by atoms with van der Waals surface area (Å²) in [5, 5.41) is 0. The average Bonchev–Trinajstić information content (AvgIpc) is 2.38. The first-order valence-electron chi connectivity index (χ1n) is 5.37. The molecule has 2 heteroatoms. The van der Waals surface area contributed by atoms with Crippen LogP contribution in [0.2, 0.25) is 0 Å². The van der Waals surface area contributed by atoms with Crippen molar-refractivity contribution in [3.63, 3.8) is 0 Å². The van der Waals surface area contributed by atoms with E-state index in [1.807, 2.05) is 49.5 Å². The zero-order chi connectivity index (χ0) is 12.1. The number of hydrogen-bond acceptors (Lipinski definition) is 1. The fourth-order valence-electron chi connectivity index (χ4n) is 1.49. The van der Waals surface area contributed by atoms with Gasteiger partial charge in [0.2, 0.25) is 0 Å². The van der Waals surface area contributed by atoms with Gasteiger partial charge >= 0.3 is 0 Å². The molecular formula is C15H12N2. The standard InChI is InChI=1S/C15H12N2/c1-12-5-3-4-6-15(12)17-11-13-7-9-14(16-2)10-8-13/h3-11H,1H3. The second-order valence-electron chi connectivity index (χ2n) is 3.75. The Morgan fingerprint density at radius 1 is 1.06 bits per heavy atom. The van der Waals surface area contributed by atoms with Gasteiger partial charge in [-0.3, -0.25) is 4.99 Å². The molecule has 0 aromatic heterocycles. The SMILES string of the molecule is [C-]#[N+]c1ccc(C=Nc2ccccc2C)cc1. The summed E-state index contributed by atoms with van der Waals surface area (Å²) in [5.74, 6) is 0. The molecule has 0 aliphatic heterocycles. The van der Waals surface area contributed by atoms with E-state index < -0.39 is 0 Å². The molecule has 0 saturated carbocycles. The van der Waals surface area contributed by atoms with Crippen LogP contribution in [0.4, 0.5) is 11.4 Å². The van der Waals surface area contributed by atoms with Gasteiger partial charge in [0.1, 0.15) is 0 Å². The maximum absolute atomic E-state index is 6.87. The Balaban J connectivity index is 2.21. The minimum atomic E-state index is 0.651. The van der Waals surface area contributed by atoms with Crippen LogP contribution in [0.3, 0.4) is 0 Å². The molecular weight excluding hydrogens is 208 g/mol. The molecule has 0 spiro atoms. The number of aryl methyl sites for hydroxylation is 1. The Hall–Kier alpha value is -2.40. The molecule has 0 radical (unpaired) electrons. The van der Waals surface area contributed by atoms with Crippen molar-refractivity contribution >= 4 is 17.6 Å². The van der Waals surface area contributed by atoms with Gasteiger partial charge in [-0.25, -0.2) is 4.85 Å². The van der Waals surface area contributed by atoms with Crippen LogP contribution >= 0.6 is 0 Å². The summed E-state index contributed by atoms with van der Waals surface area (Å²) < 4.78 is 0. The number of benzene rings is 2. The van der Waals surface area contributed by atoms with Crippen molar-refractivity contribution in [1.29, 1.82) is 0 Å². The van der Waals surface area contributed by atoms with E-state index in [-0.39, 0.29) is 0 Å². The van der Waals surface area contributed by atoms with Crippen molar-refractivity contribution < 1.29 is 0 Å². The largest absolute Gasteiger partial charge is 0.256 e. The van der Waals surface area contributed by atoms with Crippen LogP contribution in [0.15, 0.2) is 53.5 Å². The summed E-state index contributed by atoms with van der Waals surface area (Å²) in [7, 11) is 0. The van der Waals surface area contributed by atoms with E-state index in [2.05, 4.69) is 9.84 Å². The fraction of sp³-hybridized carbons (Fsp3) is 0.0667. The molecule has 0 aliphatic rings. The molecule has 0 saturated heterocycles. The number of rotatable bonds is 2. The van der Waals surface area contributed by atoms with Crippen molar-refractivity contribution in [2.45, 2.75) is 6.92 Å². The van der Waals surface area contributed by atoms with Gasteiger partial charge in [-0.05, 0) is 24.1 Å². The molecule has 0 aliphatic carbocycles. The quantitative estimate of drug-likeness (QED) is 0.530. The second-order valence-corrected chi connectivity index (χ2v) is 3.75. The molecule has 2 rings (SSSR count). The van der Waals surface area contributed by atoms with Crippen molar-refractivity contribution in [2.75, 3.05) is 0 Å². The lowest BCUT2D eigenvalue weighted by Gasteiger charge is -1.98. The van der Waals surface area contributed by atoms with Crippen LogP contribution in [0, 0.1) is 13.5 Å². The highest BCUT2D eigenvalue weighted by Crippen LogP contribution is 2.17. The van der Waals surface area contributed by atoms with Gasteiger partial charge in [0.05, 0.1) is 12.3 Å². The molecule has 82 valence electrons. The van der Waals surface area contributed by atoms with Crippen molar-refractivity contribution in [1.82, 2.24) is 0 Å². The minimum absolute atomic E-state index is 0.651. The van der Waals surface area contributed by atoms with Crippen LogP contribution in [-0.2, 0) is 0 Å². The lowest BCUT2D eigenvalue weighted by atomic mass is 10.2. The van der Waals surface area contributed by atoms with Crippen molar-refractivity contribution in [2.24, 2.45) is 4.99 Å². The first kappa shape index (κ1) is 11.1. The molecule has 0 atom stereocenters. The predicted molar refractivity (Wildman–Crippen MR) is 71.1 cm³/mol. The van der Waals surface area contributed by atoms with E-state index in [4.69, 9.17) is 6.57 Å². The predicted octanol–water partition coefficient (Wildman–Crippen LogP) is 4.30. The molecule has 2 nitrogen and oxygen atoms in total. The van der Waals surface area contributed by atoms with Gasteiger partial charge < -0.3 is 0 Å². The molecule has 0 fully saturated rings. The molecule has 0 amide bonds. The summed E-state index contributed by atoms with van der Waals surface area (Å²) in [4.78, 5) is 7.78. The van der Waals surface area contributed by atoms with E-state index in [1.54, 1.807) is 12.1 Å². The number of nitrogens with zero attached hydrogens (tertiary/aromatic N) is 2. The molecule has 2 aromatic carbocycles. The van der Waals surface area contributed by atoms with Crippen LogP contribution in [0.1, 0.15) is 11.1 Å². The highest BCUT2D eigenvalue weighted by Gasteiger charge is 1.93. The minimum Gasteiger partial charge on any atom is -0.256 e. The summed E-state index contributed by atoms with van der Waals surface area (Å²) >= 11 is 0. The third-order valence-electron chi connectivity index (χ3n) is 2.49. The van der Waals surface area contributed by atoms with Crippen LogP contribution < -0.4 is 0 Å². The van der Waals surface area contributed by atoms with Gasteiger partial charge in [-0.1, -0.05) is 42.5 Å². The molecule has 0 unspecified atom stereocenters. The topological polar surface area (TPSA) is 16.7 Å². The number of aliphatic imine (C=N–C) groups is 1. The van der Waals surface area contributed by atoms with E-state index in [0.717, 1.165) is 16.8 Å². The van der Waals surface area contributed by atoms with Gasteiger partial charge in [0.25, 0.3) is 0 Å². The van der Waals surface area contributed by atoms with Gasteiger partial charge in [0, 0.05) is 6.21 Å². The summed E-state index contributed by atoms with van der Waals surface area (Å²) in [5.41, 5.74) is 3.78. The summed E-state index contributed by atoms with van der Waals surface area (Å²) in [6.45, 7) is 8.91. The zero-order valence-electron chi connectivity index (χ0n) is 9.59. The molecule has 2 aromatic rings. The molecule has 17 heavy (non-hydrogen) atoms. The third kappa shape index (κ3) is 2.79. The number of hydrogen-bond donors (Lipinski definition) is 0. The molecule has 0 heterocycles. The summed E-state index contributed by atoms with van der Waals surface area (Å²) in [6, 6.07) is 15.4. The van der Waals surface area contributed by atoms with Crippen molar-refractivity contribution in [3.8, 4) is 0 Å². The van der Waals surface area contributed by atoms with Crippen LogP contribution in [0.5, 0.6) is 0 Å². The van der Waals surface area contributed by atoms with E-state index in [9.17, 15) is 0 Å². The van der Waals surface area contributed by atoms with E-state index >= 15 is 0 Å². The highest BCUT2D eigenvalue weighted by atomic mass is 14.7. The summed E-state index contributed by atoms with van der Waals surface area (Å²) in [6.07, 6.45) is 1.82. The van der Waals surface area contributed by atoms with Gasteiger partial charge in [-0.2, -0.15) is 0 Å². The highest BCUT2D eigenvalue weighted by molar-refractivity contribution is 5.82. The average molecular weight is 220 g/mol. The van der Waals surface area contributed by atoms with Gasteiger partial charge in [0.15, 0.2) is 5.69 Å². The Labute approximate surface area is 101 Å².